The molecule has 0 radical (unpaired) electrons. The van der Waals surface area contributed by atoms with Crippen molar-refractivity contribution in [2.45, 2.75) is 6.54 Å². The molecule has 0 bridgehead atoms. The lowest BCUT2D eigenvalue weighted by atomic mass is 10.1. The van der Waals surface area contributed by atoms with Crippen LogP contribution in [0.5, 0.6) is 17.2 Å². The van der Waals surface area contributed by atoms with E-state index in [1.807, 2.05) is 0 Å². The summed E-state index contributed by atoms with van der Waals surface area (Å²) in [5.74, 6) is 0.355. The molecule has 3 aromatic carbocycles. The maximum absolute atomic E-state index is 14.2. The van der Waals surface area contributed by atoms with Crippen LogP contribution in [0.15, 0.2) is 60.7 Å². The normalized spacial score (nSPS) is 12.6. The van der Waals surface area contributed by atoms with Crippen molar-refractivity contribution in [3.63, 3.8) is 0 Å². The molecule has 0 spiro atoms. The van der Waals surface area contributed by atoms with Gasteiger partial charge in [0.25, 0.3) is 11.8 Å². The number of hydrogen-bond donors (Lipinski definition) is 1. The second-order valence-electron chi connectivity index (χ2n) is 7.07. The molecule has 1 aliphatic heterocycles. The molecule has 1 heterocycles. The van der Waals surface area contributed by atoms with Gasteiger partial charge in [-0.2, -0.15) is 0 Å². The zero-order chi connectivity index (χ0) is 22.7. The molecule has 0 aromatic heterocycles. The second kappa shape index (κ2) is 8.97. The zero-order valence-electron chi connectivity index (χ0n) is 17.6. The Bertz CT molecular complexity index is 1180. The van der Waals surface area contributed by atoms with Crippen LogP contribution in [0, 0.1) is 5.82 Å². The van der Waals surface area contributed by atoms with Crippen molar-refractivity contribution in [3.05, 3.63) is 77.6 Å². The number of hydrogen-bond acceptors (Lipinski definition) is 5. The van der Waals surface area contributed by atoms with E-state index in [0.29, 0.717) is 39.8 Å². The Hall–Kier alpha value is -4.07. The molecule has 1 aliphatic rings. The molecule has 32 heavy (non-hydrogen) atoms. The lowest BCUT2D eigenvalue weighted by molar-refractivity contribution is -0.121. The number of rotatable bonds is 6. The maximum Gasteiger partial charge on any atom is 0.265 e. The Morgan fingerprint density at radius 3 is 2.59 bits per heavy atom. The SMILES string of the molecule is COc1ccc(C(=O)Nc2ccc3c(c2)N(Cc2ccccc2F)C(=O)CO3)cc1OC. The molecule has 3 aromatic rings. The average Bonchev–Trinajstić information content (AvgIpc) is 2.81. The van der Waals surface area contributed by atoms with Gasteiger partial charge in [-0.05, 0) is 42.5 Å². The van der Waals surface area contributed by atoms with Crippen LogP contribution in [0.2, 0.25) is 0 Å². The first-order valence-corrected chi connectivity index (χ1v) is 9.84. The third kappa shape index (κ3) is 4.20. The molecule has 0 fully saturated rings. The number of ether oxygens (including phenoxy) is 3. The molecule has 1 N–H and O–H groups in total. The fourth-order valence-electron chi connectivity index (χ4n) is 3.43. The van der Waals surface area contributed by atoms with Crippen LogP contribution >= 0.6 is 0 Å². The van der Waals surface area contributed by atoms with E-state index in [1.165, 1.54) is 25.2 Å². The van der Waals surface area contributed by atoms with E-state index >= 15 is 0 Å². The van der Waals surface area contributed by atoms with Gasteiger partial charge in [-0.15, -0.1) is 0 Å². The summed E-state index contributed by atoms with van der Waals surface area (Å²) in [5, 5.41) is 2.80. The van der Waals surface area contributed by atoms with E-state index in [0.717, 1.165) is 0 Å². The van der Waals surface area contributed by atoms with Gasteiger partial charge in [0.2, 0.25) is 0 Å². The fraction of sp³-hybridized carbons (Fsp3) is 0.167. The van der Waals surface area contributed by atoms with E-state index in [-0.39, 0.29) is 25.0 Å². The monoisotopic (exact) mass is 436 g/mol. The minimum atomic E-state index is -0.397. The first kappa shape index (κ1) is 21.2. The van der Waals surface area contributed by atoms with Gasteiger partial charge in [-0.1, -0.05) is 18.2 Å². The zero-order valence-corrected chi connectivity index (χ0v) is 17.6. The summed E-state index contributed by atoms with van der Waals surface area (Å²) in [6, 6.07) is 16.1. The number of methoxy groups -OCH3 is 2. The van der Waals surface area contributed by atoms with Gasteiger partial charge in [-0.3, -0.25) is 9.59 Å². The summed E-state index contributed by atoms with van der Waals surface area (Å²) in [4.78, 5) is 26.7. The van der Waals surface area contributed by atoms with Gasteiger partial charge in [0.1, 0.15) is 11.6 Å². The Labute approximate surface area is 184 Å². The van der Waals surface area contributed by atoms with Crippen LogP contribution in [0.25, 0.3) is 0 Å². The Balaban J connectivity index is 1.60. The van der Waals surface area contributed by atoms with Crippen LogP contribution in [0.1, 0.15) is 15.9 Å². The number of carbonyl (C=O) groups excluding carboxylic acids is 2. The van der Waals surface area contributed by atoms with E-state index in [9.17, 15) is 14.0 Å². The Kier molecular flexibility index (Phi) is 5.93. The first-order chi connectivity index (χ1) is 15.5. The predicted octanol–water partition coefficient (Wildman–Crippen LogP) is 4.02. The smallest absolute Gasteiger partial charge is 0.265 e. The number of benzene rings is 3. The van der Waals surface area contributed by atoms with Crippen molar-refractivity contribution in [2.24, 2.45) is 0 Å². The topological polar surface area (TPSA) is 77.1 Å². The van der Waals surface area contributed by atoms with Gasteiger partial charge in [0.05, 0.1) is 26.5 Å². The molecule has 0 saturated heterocycles. The summed E-state index contributed by atoms with van der Waals surface area (Å²) in [6.07, 6.45) is 0. The van der Waals surface area contributed by atoms with Crippen LogP contribution in [0.3, 0.4) is 0 Å². The van der Waals surface area contributed by atoms with Crippen molar-refractivity contribution in [2.75, 3.05) is 31.0 Å². The predicted molar refractivity (Wildman–Crippen MR) is 117 cm³/mol. The Morgan fingerprint density at radius 2 is 1.84 bits per heavy atom. The van der Waals surface area contributed by atoms with Crippen molar-refractivity contribution in [1.82, 2.24) is 0 Å². The molecule has 164 valence electrons. The molecule has 0 unspecified atom stereocenters. The molecular weight excluding hydrogens is 415 g/mol. The molecule has 7 nitrogen and oxygen atoms in total. The van der Waals surface area contributed by atoms with E-state index in [2.05, 4.69) is 5.32 Å². The molecule has 2 amide bonds. The highest BCUT2D eigenvalue weighted by Crippen LogP contribution is 2.36. The average molecular weight is 436 g/mol. The quantitative estimate of drug-likeness (QED) is 0.632. The maximum atomic E-state index is 14.2. The molecular formula is C24H21FN2O5. The number of nitrogens with zero attached hydrogens (tertiary/aromatic N) is 1. The van der Waals surface area contributed by atoms with Crippen molar-refractivity contribution < 1.29 is 28.2 Å². The van der Waals surface area contributed by atoms with E-state index in [1.54, 1.807) is 54.6 Å². The van der Waals surface area contributed by atoms with Gasteiger partial charge < -0.3 is 24.4 Å². The summed E-state index contributed by atoms with van der Waals surface area (Å²) >= 11 is 0. The number of carbonyl (C=O) groups is 2. The standard InChI is InChI=1S/C24H21FN2O5/c1-30-21-9-7-15(11-22(21)31-2)24(29)26-17-8-10-20-19(12-17)27(23(28)14-32-20)13-16-5-3-4-6-18(16)25/h3-12H,13-14H2,1-2H3,(H,26,29). The van der Waals surface area contributed by atoms with Crippen LogP contribution in [-0.2, 0) is 11.3 Å². The van der Waals surface area contributed by atoms with Crippen LogP contribution in [0.4, 0.5) is 15.8 Å². The summed E-state index contributed by atoms with van der Waals surface area (Å²) in [7, 11) is 3.01. The van der Waals surface area contributed by atoms with Crippen molar-refractivity contribution >= 4 is 23.2 Å². The van der Waals surface area contributed by atoms with Crippen LogP contribution < -0.4 is 24.4 Å². The number of amides is 2. The molecule has 0 saturated carbocycles. The lowest BCUT2D eigenvalue weighted by Gasteiger charge is -2.30. The van der Waals surface area contributed by atoms with Gasteiger partial charge in [0, 0.05) is 16.8 Å². The van der Waals surface area contributed by atoms with E-state index in [4.69, 9.17) is 14.2 Å². The lowest BCUT2D eigenvalue weighted by Crippen LogP contribution is -2.38. The second-order valence-corrected chi connectivity index (χ2v) is 7.07. The highest BCUT2D eigenvalue weighted by molar-refractivity contribution is 6.05. The molecule has 4 rings (SSSR count). The van der Waals surface area contributed by atoms with Crippen molar-refractivity contribution in [3.8, 4) is 17.2 Å². The molecule has 0 atom stereocenters. The minimum absolute atomic E-state index is 0.0505. The number of nitrogens with one attached hydrogen (secondary N) is 1. The molecule has 0 aliphatic carbocycles. The highest BCUT2D eigenvalue weighted by Gasteiger charge is 2.27. The third-order valence-electron chi connectivity index (χ3n) is 5.09. The number of fused-ring (bicyclic) bond motifs is 1. The van der Waals surface area contributed by atoms with E-state index < -0.39 is 5.82 Å². The fourth-order valence-corrected chi connectivity index (χ4v) is 3.43. The van der Waals surface area contributed by atoms with Gasteiger partial charge in [-0.25, -0.2) is 4.39 Å². The minimum Gasteiger partial charge on any atom is -0.493 e. The first-order valence-electron chi connectivity index (χ1n) is 9.84. The van der Waals surface area contributed by atoms with Crippen molar-refractivity contribution in [1.29, 1.82) is 0 Å². The number of halogens is 1. The molecule has 8 heteroatoms. The number of anilines is 2. The summed E-state index contributed by atoms with van der Waals surface area (Å²) in [5.41, 5.74) is 1.67. The van der Waals surface area contributed by atoms with Crippen LogP contribution in [-0.4, -0.2) is 32.6 Å². The Morgan fingerprint density at radius 1 is 1.06 bits per heavy atom. The largest absolute Gasteiger partial charge is 0.493 e. The highest BCUT2D eigenvalue weighted by atomic mass is 19.1. The van der Waals surface area contributed by atoms with Gasteiger partial charge >= 0.3 is 0 Å². The van der Waals surface area contributed by atoms with Gasteiger partial charge in [0.15, 0.2) is 18.1 Å². The summed E-state index contributed by atoms with van der Waals surface area (Å²) < 4.78 is 30.1. The third-order valence-corrected chi connectivity index (χ3v) is 5.09. The summed E-state index contributed by atoms with van der Waals surface area (Å²) in [6.45, 7) is -0.0895.